The van der Waals surface area contributed by atoms with Crippen LogP contribution in [-0.2, 0) is 9.53 Å². The van der Waals surface area contributed by atoms with Crippen LogP contribution in [0, 0.1) is 0 Å². The second-order valence-corrected chi connectivity index (χ2v) is 6.49. The van der Waals surface area contributed by atoms with Crippen LogP contribution in [0.15, 0.2) is 12.1 Å². The number of halogens is 3. The maximum absolute atomic E-state index is 12.1. The Hall–Kier alpha value is -0.520. The number of ether oxygens (including phenoxy) is 1. The van der Waals surface area contributed by atoms with Crippen molar-refractivity contribution in [2.45, 2.75) is 26.1 Å². The highest BCUT2D eigenvalue weighted by Crippen LogP contribution is 2.33. The summed E-state index contributed by atoms with van der Waals surface area (Å²) in [6, 6.07) is 3.09. The molecule has 1 N–H and O–H groups in total. The largest absolute Gasteiger partial charge is 0.373 e. The van der Waals surface area contributed by atoms with E-state index in [9.17, 15) is 4.79 Å². The van der Waals surface area contributed by atoms with Gasteiger partial charge in [-0.25, -0.2) is 0 Å². The first-order chi connectivity index (χ1) is 9.85. The lowest BCUT2D eigenvalue weighted by molar-refractivity contribution is -0.121. The molecule has 1 aromatic rings. The second kappa shape index (κ2) is 7.16. The number of nitrogens with zero attached hydrogens (tertiary/aromatic N) is 1. The van der Waals surface area contributed by atoms with Crippen LogP contribution in [0.2, 0.25) is 15.1 Å². The van der Waals surface area contributed by atoms with Gasteiger partial charge in [-0.2, -0.15) is 0 Å². The van der Waals surface area contributed by atoms with Crippen LogP contribution in [0.5, 0.6) is 0 Å². The van der Waals surface area contributed by atoms with Crippen molar-refractivity contribution >= 4 is 46.4 Å². The van der Waals surface area contributed by atoms with Crippen molar-refractivity contribution in [1.29, 1.82) is 0 Å². The molecule has 1 aromatic carbocycles. The van der Waals surface area contributed by atoms with Gasteiger partial charge in [0, 0.05) is 18.1 Å². The molecule has 1 heterocycles. The monoisotopic (exact) mass is 350 g/mol. The van der Waals surface area contributed by atoms with Crippen molar-refractivity contribution in [2.75, 3.05) is 25.0 Å². The Kier molecular flexibility index (Phi) is 5.74. The Morgan fingerprint density at radius 3 is 2.29 bits per heavy atom. The second-order valence-electron chi connectivity index (χ2n) is 5.24. The number of carbonyl (C=O) groups excluding carboxylic acids is 1. The number of anilines is 1. The average Bonchev–Trinajstić information content (AvgIpc) is 2.32. The smallest absolute Gasteiger partial charge is 0.238 e. The molecule has 0 bridgehead atoms. The summed E-state index contributed by atoms with van der Waals surface area (Å²) in [5.74, 6) is -0.164. The van der Waals surface area contributed by atoms with Gasteiger partial charge in [0.05, 0.1) is 34.5 Å². The quantitative estimate of drug-likeness (QED) is 0.903. The maximum atomic E-state index is 12.1. The summed E-state index contributed by atoms with van der Waals surface area (Å²) < 4.78 is 5.64. The highest BCUT2D eigenvalue weighted by atomic mass is 35.5. The number of hydrogen-bond donors (Lipinski definition) is 1. The molecule has 4 nitrogen and oxygen atoms in total. The van der Waals surface area contributed by atoms with Crippen LogP contribution in [0.4, 0.5) is 5.69 Å². The van der Waals surface area contributed by atoms with E-state index in [-0.39, 0.29) is 24.7 Å². The van der Waals surface area contributed by atoms with Gasteiger partial charge in [-0.15, -0.1) is 0 Å². The number of amides is 1. The van der Waals surface area contributed by atoms with Crippen LogP contribution in [-0.4, -0.2) is 42.6 Å². The van der Waals surface area contributed by atoms with E-state index in [0.29, 0.717) is 20.8 Å². The molecule has 2 unspecified atom stereocenters. The number of morpholine rings is 1. The predicted octanol–water partition coefficient (Wildman–Crippen LogP) is 3.69. The van der Waals surface area contributed by atoms with Gasteiger partial charge in [0.25, 0.3) is 0 Å². The maximum Gasteiger partial charge on any atom is 0.238 e. The van der Waals surface area contributed by atoms with Crippen molar-refractivity contribution in [2.24, 2.45) is 0 Å². The SMILES string of the molecule is CC1CN(CC(=O)Nc2c(Cl)cc(Cl)cc2Cl)CC(C)O1. The van der Waals surface area contributed by atoms with E-state index in [0.717, 1.165) is 13.1 Å². The summed E-state index contributed by atoms with van der Waals surface area (Å²) in [5.41, 5.74) is 0.391. The summed E-state index contributed by atoms with van der Waals surface area (Å²) in [6.07, 6.45) is 0.230. The molecule has 0 aliphatic carbocycles. The van der Waals surface area contributed by atoms with E-state index in [1.165, 1.54) is 0 Å². The third-order valence-corrected chi connectivity index (χ3v) is 3.95. The van der Waals surface area contributed by atoms with Crippen LogP contribution in [0.25, 0.3) is 0 Å². The summed E-state index contributed by atoms with van der Waals surface area (Å²) >= 11 is 17.9. The molecule has 0 spiro atoms. The van der Waals surface area contributed by atoms with Gasteiger partial charge in [-0.1, -0.05) is 34.8 Å². The molecular weight excluding hydrogens is 335 g/mol. The third kappa shape index (κ3) is 4.73. The normalized spacial score (nSPS) is 23.1. The molecule has 1 fully saturated rings. The fourth-order valence-electron chi connectivity index (χ4n) is 2.46. The Balaban J connectivity index is 1.99. The zero-order chi connectivity index (χ0) is 15.6. The lowest BCUT2D eigenvalue weighted by Gasteiger charge is -2.34. The van der Waals surface area contributed by atoms with E-state index in [1.807, 2.05) is 18.7 Å². The summed E-state index contributed by atoms with van der Waals surface area (Å²) in [7, 11) is 0. The van der Waals surface area contributed by atoms with Gasteiger partial charge in [0.15, 0.2) is 0 Å². The van der Waals surface area contributed by atoms with E-state index < -0.39 is 0 Å². The lowest BCUT2D eigenvalue weighted by Crippen LogP contribution is -2.48. The van der Waals surface area contributed by atoms with Gasteiger partial charge in [0.2, 0.25) is 5.91 Å². The molecule has 1 aliphatic heterocycles. The van der Waals surface area contributed by atoms with E-state index in [1.54, 1.807) is 12.1 Å². The summed E-state index contributed by atoms with van der Waals surface area (Å²) in [6.45, 7) is 5.70. The minimum atomic E-state index is -0.164. The number of carbonyl (C=O) groups is 1. The first-order valence-corrected chi connectivity index (χ1v) is 7.80. The van der Waals surface area contributed by atoms with Gasteiger partial charge in [0.1, 0.15) is 0 Å². The van der Waals surface area contributed by atoms with Crippen molar-refractivity contribution in [3.63, 3.8) is 0 Å². The molecule has 1 aliphatic rings. The number of hydrogen-bond acceptors (Lipinski definition) is 3. The van der Waals surface area contributed by atoms with Crippen molar-refractivity contribution in [3.05, 3.63) is 27.2 Å². The molecular formula is C14H17Cl3N2O2. The first-order valence-electron chi connectivity index (χ1n) is 6.67. The molecule has 116 valence electrons. The zero-order valence-corrected chi connectivity index (χ0v) is 14.1. The Labute approximate surface area is 139 Å². The van der Waals surface area contributed by atoms with Crippen molar-refractivity contribution in [1.82, 2.24) is 4.90 Å². The first kappa shape index (κ1) is 16.8. The molecule has 0 saturated carbocycles. The van der Waals surface area contributed by atoms with Gasteiger partial charge in [-0.05, 0) is 26.0 Å². The van der Waals surface area contributed by atoms with E-state index in [4.69, 9.17) is 39.5 Å². The standard InChI is InChI=1S/C14H17Cl3N2O2/c1-8-5-19(6-9(2)21-8)7-13(20)18-14-11(16)3-10(15)4-12(14)17/h3-4,8-9H,5-7H2,1-2H3,(H,18,20). The van der Waals surface area contributed by atoms with Crippen LogP contribution in [0.1, 0.15) is 13.8 Å². The molecule has 0 aromatic heterocycles. The Bertz CT molecular complexity index is 506. The molecule has 2 atom stereocenters. The number of rotatable bonds is 3. The van der Waals surface area contributed by atoms with Gasteiger partial charge in [-0.3, -0.25) is 9.69 Å². The van der Waals surface area contributed by atoms with Crippen LogP contribution < -0.4 is 5.32 Å². The van der Waals surface area contributed by atoms with E-state index in [2.05, 4.69) is 5.32 Å². The van der Waals surface area contributed by atoms with Gasteiger partial charge >= 0.3 is 0 Å². The molecule has 21 heavy (non-hydrogen) atoms. The molecule has 2 rings (SSSR count). The summed E-state index contributed by atoms with van der Waals surface area (Å²) in [5, 5.41) is 3.82. The van der Waals surface area contributed by atoms with Crippen molar-refractivity contribution in [3.8, 4) is 0 Å². The minimum absolute atomic E-state index is 0.115. The Morgan fingerprint density at radius 2 is 1.76 bits per heavy atom. The lowest BCUT2D eigenvalue weighted by atomic mass is 10.2. The molecule has 0 radical (unpaired) electrons. The molecule has 1 saturated heterocycles. The Morgan fingerprint density at radius 1 is 1.24 bits per heavy atom. The van der Waals surface area contributed by atoms with Crippen LogP contribution >= 0.6 is 34.8 Å². The molecule has 7 heteroatoms. The fourth-order valence-corrected chi connectivity index (χ4v) is 3.37. The highest BCUT2D eigenvalue weighted by molar-refractivity contribution is 6.42. The predicted molar refractivity (Wildman–Crippen MR) is 86.6 cm³/mol. The zero-order valence-electron chi connectivity index (χ0n) is 11.8. The third-order valence-electron chi connectivity index (χ3n) is 3.13. The van der Waals surface area contributed by atoms with Crippen LogP contribution in [0.3, 0.4) is 0 Å². The number of nitrogens with one attached hydrogen (secondary N) is 1. The minimum Gasteiger partial charge on any atom is -0.373 e. The average molecular weight is 352 g/mol. The van der Waals surface area contributed by atoms with Crippen molar-refractivity contribution < 1.29 is 9.53 Å². The topological polar surface area (TPSA) is 41.6 Å². The summed E-state index contributed by atoms with van der Waals surface area (Å²) in [4.78, 5) is 14.2. The highest BCUT2D eigenvalue weighted by Gasteiger charge is 2.24. The fraction of sp³-hybridized carbons (Fsp3) is 0.500. The molecule has 1 amide bonds. The number of benzene rings is 1. The van der Waals surface area contributed by atoms with E-state index >= 15 is 0 Å². The van der Waals surface area contributed by atoms with Gasteiger partial charge < -0.3 is 10.1 Å².